The van der Waals surface area contributed by atoms with Crippen LogP contribution in [0.2, 0.25) is 0 Å². The number of nitrogens with zero attached hydrogens (tertiary/aromatic N) is 2. The summed E-state index contributed by atoms with van der Waals surface area (Å²) < 4.78 is 6.62. The smallest absolute Gasteiger partial charge is 0.333 e. The van der Waals surface area contributed by atoms with E-state index in [4.69, 9.17) is 4.74 Å². The van der Waals surface area contributed by atoms with E-state index in [1.54, 1.807) is 33.2 Å². The number of carbonyl (C=O) groups is 2. The summed E-state index contributed by atoms with van der Waals surface area (Å²) in [6.45, 7) is 5.58. The molecule has 2 aliphatic rings. The van der Waals surface area contributed by atoms with E-state index in [9.17, 15) is 9.59 Å². The molecular weight excluding hydrogens is 320 g/mol. The lowest BCUT2D eigenvalue weighted by Gasteiger charge is -2.24. The van der Waals surface area contributed by atoms with Gasteiger partial charge in [-0.15, -0.1) is 0 Å². The van der Waals surface area contributed by atoms with Gasteiger partial charge in [0, 0.05) is 12.2 Å². The van der Waals surface area contributed by atoms with Crippen LogP contribution in [0.3, 0.4) is 0 Å². The van der Waals surface area contributed by atoms with E-state index in [2.05, 4.69) is 15.7 Å². The van der Waals surface area contributed by atoms with Crippen LogP contribution in [0.4, 0.5) is 5.69 Å². The van der Waals surface area contributed by atoms with Gasteiger partial charge in [0.25, 0.3) is 0 Å². The third-order valence-corrected chi connectivity index (χ3v) is 5.38. The van der Waals surface area contributed by atoms with E-state index >= 15 is 0 Å². The maximum Gasteiger partial charge on any atom is 0.333 e. The highest BCUT2D eigenvalue weighted by Gasteiger charge is 2.38. The van der Waals surface area contributed by atoms with Crippen LogP contribution in [0.25, 0.3) is 0 Å². The van der Waals surface area contributed by atoms with Crippen molar-refractivity contribution in [3.63, 3.8) is 0 Å². The fraction of sp³-hybridized carbons (Fsp3) is 0.722. The molecule has 3 atom stereocenters. The molecule has 1 aliphatic carbocycles. The maximum atomic E-state index is 12.6. The van der Waals surface area contributed by atoms with Gasteiger partial charge in [0.15, 0.2) is 5.54 Å². The standard InChI is InChI=1S/C18H28N4O3/c1-4-25-17(24)18(2,3)22-11-13(10-19-22)20-16(23)15-9-12-7-5-6-8-14(12)21-15/h10-12,14-15,21H,4-9H2,1-3H3,(H,20,23). The van der Waals surface area contributed by atoms with Gasteiger partial charge in [0.05, 0.1) is 24.5 Å². The number of anilines is 1. The van der Waals surface area contributed by atoms with Crippen LogP contribution >= 0.6 is 0 Å². The highest BCUT2D eigenvalue weighted by atomic mass is 16.5. The van der Waals surface area contributed by atoms with Crippen LogP contribution in [0.1, 0.15) is 52.9 Å². The molecule has 1 aliphatic heterocycles. The number of amides is 1. The first-order valence-corrected chi connectivity index (χ1v) is 9.21. The molecule has 1 aromatic rings. The Morgan fingerprint density at radius 2 is 2.16 bits per heavy atom. The van der Waals surface area contributed by atoms with Crippen molar-refractivity contribution in [3.05, 3.63) is 12.4 Å². The molecule has 1 saturated carbocycles. The van der Waals surface area contributed by atoms with Crippen LogP contribution in [-0.2, 0) is 19.9 Å². The van der Waals surface area contributed by atoms with Gasteiger partial charge in [-0.25, -0.2) is 4.79 Å². The molecule has 7 nitrogen and oxygen atoms in total. The van der Waals surface area contributed by atoms with Crippen molar-refractivity contribution in [1.82, 2.24) is 15.1 Å². The SMILES string of the molecule is CCOC(=O)C(C)(C)n1cc(NC(=O)C2CC3CCCCC3N2)cn1. The van der Waals surface area contributed by atoms with Crippen molar-refractivity contribution in [2.45, 2.75) is 70.5 Å². The second kappa shape index (κ2) is 7.15. The van der Waals surface area contributed by atoms with Gasteiger partial charge in [0.2, 0.25) is 5.91 Å². The average molecular weight is 348 g/mol. The predicted octanol–water partition coefficient (Wildman–Crippen LogP) is 2.04. The Balaban J connectivity index is 1.61. The van der Waals surface area contributed by atoms with Gasteiger partial charge in [-0.3, -0.25) is 9.48 Å². The first kappa shape index (κ1) is 17.9. The summed E-state index contributed by atoms with van der Waals surface area (Å²) in [6.07, 6.45) is 9.05. The molecule has 2 N–H and O–H groups in total. The lowest BCUT2D eigenvalue weighted by atomic mass is 9.85. The van der Waals surface area contributed by atoms with Crippen molar-refractivity contribution < 1.29 is 14.3 Å². The summed E-state index contributed by atoms with van der Waals surface area (Å²) in [5.74, 6) is 0.246. The molecule has 0 radical (unpaired) electrons. The van der Waals surface area contributed by atoms with Crippen molar-refractivity contribution in [2.75, 3.05) is 11.9 Å². The van der Waals surface area contributed by atoms with Crippen LogP contribution in [0, 0.1) is 5.92 Å². The lowest BCUT2D eigenvalue weighted by Crippen LogP contribution is -2.40. The van der Waals surface area contributed by atoms with E-state index in [1.165, 1.54) is 30.4 Å². The van der Waals surface area contributed by atoms with Crippen molar-refractivity contribution >= 4 is 17.6 Å². The highest BCUT2D eigenvalue weighted by Crippen LogP contribution is 2.33. The topological polar surface area (TPSA) is 85.2 Å². The van der Waals surface area contributed by atoms with Crippen molar-refractivity contribution in [3.8, 4) is 0 Å². The summed E-state index contributed by atoms with van der Waals surface area (Å²) in [5, 5.41) is 10.6. The first-order valence-electron chi connectivity index (χ1n) is 9.21. The van der Waals surface area contributed by atoms with Crippen LogP contribution in [0.15, 0.2) is 12.4 Å². The molecule has 1 amide bonds. The largest absolute Gasteiger partial charge is 0.464 e. The highest BCUT2D eigenvalue weighted by molar-refractivity contribution is 5.95. The molecule has 25 heavy (non-hydrogen) atoms. The van der Waals surface area contributed by atoms with Crippen LogP contribution in [-0.4, -0.2) is 40.3 Å². The quantitative estimate of drug-likeness (QED) is 0.796. The molecule has 0 aromatic carbocycles. The maximum absolute atomic E-state index is 12.6. The molecule has 3 unspecified atom stereocenters. The Morgan fingerprint density at radius 3 is 2.88 bits per heavy atom. The Kier molecular flexibility index (Phi) is 5.13. The number of ether oxygens (including phenoxy) is 1. The molecule has 2 heterocycles. The molecule has 0 spiro atoms. The van der Waals surface area contributed by atoms with Crippen molar-refractivity contribution in [1.29, 1.82) is 0 Å². The lowest BCUT2D eigenvalue weighted by molar-refractivity contribution is -0.152. The molecule has 1 saturated heterocycles. The number of nitrogens with one attached hydrogen (secondary N) is 2. The van der Waals surface area contributed by atoms with E-state index < -0.39 is 5.54 Å². The minimum atomic E-state index is -0.917. The summed E-state index contributed by atoms with van der Waals surface area (Å²) >= 11 is 0. The number of carbonyl (C=O) groups excluding carboxylic acids is 2. The number of hydrogen-bond donors (Lipinski definition) is 2. The predicted molar refractivity (Wildman–Crippen MR) is 94.1 cm³/mol. The number of esters is 1. The number of hydrogen-bond acceptors (Lipinski definition) is 5. The van der Waals surface area contributed by atoms with Crippen molar-refractivity contribution in [2.24, 2.45) is 5.92 Å². The van der Waals surface area contributed by atoms with E-state index in [0.29, 0.717) is 24.3 Å². The minimum absolute atomic E-state index is 0.0251. The molecule has 138 valence electrons. The van der Waals surface area contributed by atoms with Gasteiger partial charge < -0.3 is 15.4 Å². The number of fused-ring (bicyclic) bond motifs is 1. The van der Waals surface area contributed by atoms with E-state index in [1.807, 2.05) is 0 Å². The molecule has 0 bridgehead atoms. The average Bonchev–Trinajstić information content (AvgIpc) is 3.21. The van der Waals surface area contributed by atoms with Gasteiger partial charge in [-0.05, 0) is 46.0 Å². The second-order valence-corrected chi connectivity index (χ2v) is 7.55. The zero-order chi connectivity index (χ0) is 18.0. The van der Waals surface area contributed by atoms with Gasteiger partial charge >= 0.3 is 5.97 Å². The molecular formula is C18H28N4O3. The Bertz CT molecular complexity index is 626. The number of aromatic nitrogens is 2. The Morgan fingerprint density at radius 1 is 1.40 bits per heavy atom. The monoisotopic (exact) mass is 348 g/mol. The zero-order valence-electron chi connectivity index (χ0n) is 15.2. The Labute approximate surface area is 148 Å². The third-order valence-electron chi connectivity index (χ3n) is 5.38. The molecule has 2 fully saturated rings. The summed E-state index contributed by atoms with van der Waals surface area (Å²) in [5.41, 5.74) is -0.321. The fourth-order valence-corrected chi connectivity index (χ4v) is 3.84. The van der Waals surface area contributed by atoms with Gasteiger partial charge in [0.1, 0.15) is 0 Å². The van der Waals surface area contributed by atoms with Crippen LogP contribution < -0.4 is 10.6 Å². The zero-order valence-corrected chi connectivity index (χ0v) is 15.2. The minimum Gasteiger partial charge on any atom is -0.464 e. The first-order chi connectivity index (χ1) is 11.9. The summed E-state index contributed by atoms with van der Waals surface area (Å²) in [7, 11) is 0. The van der Waals surface area contributed by atoms with E-state index in [-0.39, 0.29) is 17.9 Å². The van der Waals surface area contributed by atoms with Gasteiger partial charge in [-0.1, -0.05) is 12.8 Å². The normalized spacial score (nSPS) is 26.1. The molecule has 1 aromatic heterocycles. The fourth-order valence-electron chi connectivity index (χ4n) is 3.84. The molecule has 7 heteroatoms. The van der Waals surface area contributed by atoms with Gasteiger partial charge in [-0.2, -0.15) is 5.10 Å². The summed E-state index contributed by atoms with van der Waals surface area (Å²) in [6, 6.07) is 0.337. The van der Waals surface area contributed by atoms with E-state index in [0.717, 1.165) is 6.42 Å². The summed E-state index contributed by atoms with van der Waals surface area (Å²) in [4.78, 5) is 24.6. The number of rotatable bonds is 5. The van der Waals surface area contributed by atoms with Crippen LogP contribution in [0.5, 0.6) is 0 Å². The third kappa shape index (κ3) is 3.71. The molecule has 3 rings (SSSR count). The Hall–Kier alpha value is -1.89. The second-order valence-electron chi connectivity index (χ2n) is 7.55.